The average Bonchev–Trinajstić information content (AvgIpc) is 2.56. The van der Waals surface area contributed by atoms with Gasteiger partial charge in [-0.15, -0.1) is 0 Å². The maximum Gasteiger partial charge on any atom is 0.238 e. The van der Waals surface area contributed by atoms with E-state index in [0.717, 1.165) is 19.3 Å². The van der Waals surface area contributed by atoms with Crippen molar-refractivity contribution in [2.75, 3.05) is 0 Å². The number of sulfone groups is 1. The third-order valence-electron chi connectivity index (χ3n) is 4.80. The minimum atomic E-state index is -3.60. The first-order chi connectivity index (χ1) is 11.3. The summed E-state index contributed by atoms with van der Waals surface area (Å²) in [6.07, 6.45) is 4.22. The minimum absolute atomic E-state index is 0.0683. The number of nitrogens with one attached hydrogen (secondary N) is 1. The van der Waals surface area contributed by atoms with Crippen molar-refractivity contribution in [3.63, 3.8) is 0 Å². The number of nitrogens with zero attached hydrogens (tertiary/aromatic N) is 1. The largest absolute Gasteiger partial charge is 0.352 e. The zero-order valence-corrected chi connectivity index (χ0v) is 15.0. The quantitative estimate of drug-likeness (QED) is 0.886. The molecule has 1 aromatic carbocycles. The summed E-state index contributed by atoms with van der Waals surface area (Å²) in [7, 11) is -3.60. The number of hydrogen-bond donors (Lipinski definition) is 1. The van der Waals surface area contributed by atoms with Crippen molar-refractivity contribution >= 4 is 15.7 Å². The van der Waals surface area contributed by atoms with Crippen molar-refractivity contribution in [2.24, 2.45) is 5.92 Å². The molecule has 1 aliphatic carbocycles. The number of benzene rings is 1. The average molecular weight is 348 g/mol. The second kappa shape index (κ2) is 7.80. The first-order valence-corrected chi connectivity index (χ1v) is 10.1. The summed E-state index contributed by atoms with van der Waals surface area (Å²) in [5, 5.41) is 10.6. The number of carbonyl (C=O) groups is 1. The van der Waals surface area contributed by atoms with Gasteiger partial charge in [-0.05, 0) is 43.4 Å². The summed E-state index contributed by atoms with van der Waals surface area (Å²) in [6.45, 7) is 3.54. The van der Waals surface area contributed by atoms with E-state index in [0.29, 0.717) is 17.0 Å². The number of carbonyl (C=O) groups excluding carboxylic acids is 1. The highest BCUT2D eigenvalue weighted by Gasteiger charge is 2.31. The van der Waals surface area contributed by atoms with Crippen molar-refractivity contribution in [1.82, 2.24) is 5.32 Å². The Kier molecular flexibility index (Phi) is 6.00. The van der Waals surface area contributed by atoms with Gasteiger partial charge in [-0.1, -0.05) is 31.9 Å². The molecule has 0 saturated heterocycles. The molecule has 0 bridgehead atoms. The Balaban J connectivity index is 2.01. The Hall–Kier alpha value is -1.87. The molecule has 130 valence electrons. The monoisotopic (exact) mass is 348 g/mol. The van der Waals surface area contributed by atoms with Crippen LogP contribution >= 0.6 is 0 Å². The Labute approximate surface area is 144 Å². The zero-order valence-electron chi connectivity index (χ0n) is 14.2. The highest BCUT2D eigenvalue weighted by Crippen LogP contribution is 2.24. The molecule has 1 fully saturated rings. The molecule has 5 nitrogen and oxygen atoms in total. The van der Waals surface area contributed by atoms with Crippen LogP contribution in [0.25, 0.3) is 0 Å². The van der Waals surface area contributed by atoms with Gasteiger partial charge in [-0.25, -0.2) is 8.42 Å². The molecule has 0 aliphatic heterocycles. The maximum absolute atomic E-state index is 12.5. The number of nitriles is 1. The fourth-order valence-corrected chi connectivity index (χ4v) is 4.33. The Morgan fingerprint density at radius 3 is 2.50 bits per heavy atom. The van der Waals surface area contributed by atoms with Crippen LogP contribution in [0.1, 0.15) is 50.7 Å². The molecule has 1 aliphatic rings. The van der Waals surface area contributed by atoms with Crippen molar-refractivity contribution < 1.29 is 13.2 Å². The van der Waals surface area contributed by atoms with E-state index in [1.807, 2.05) is 6.07 Å². The summed E-state index contributed by atoms with van der Waals surface area (Å²) in [5.41, 5.74) is 1.06. The number of hydrogen-bond acceptors (Lipinski definition) is 4. The molecule has 3 unspecified atom stereocenters. The first kappa shape index (κ1) is 18.5. The minimum Gasteiger partial charge on any atom is -0.352 e. The first-order valence-electron chi connectivity index (χ1n) is 8.34. The van der Waals surface area contributed by atoms with Gasteiger partial charge in [0.2, 0.25) is 5.91 Å². The lowest BCUT2D eigenvalue weighted by atomic mass is 9.86. The lowest BCUT2D eigenvalue weighted by molar-refractivity contribution is -0.121. The van der Waals surface area contributed by atoms with Gasteiger partial charge >= 0.3 is 0 Å². The fourth-order valence-electron chi connectivity index (χ4n) is 3.03. The van der Waals surface area contributed by atoms with Crippen LogP contribution in [0.4, 0.5) is 0 Å². The molecule has 6 heteroatoms. The molecule has 0 radical (unpaired) electrons. The van der Waals surface area contributed by atoms with E-state index in [2.05, 4.69) is 12.2 Å². The van der Waals surface area contributed by atoms with Gasteiger partial charge in [0, 0.05) is 6.04 Å². The Morgan fingerprint density at radius 2 is 1.92 bits per heavy atom. The van der Waals surface area contributed by atoms with E-state index in [1.165, 1.54) is 13.3 Å². The smallest absolute Gasteiger partial charge is 0.238 e. The van der Waals surface area contributed by atoms with Crippen LogP contribution in [-0.4, -0.2) is 25.6 Å². The van der Waals surface area contributed by atoms with Crippen LogP contribution in [0.3, 0.4) is 0 Å². The van der Waals surface area contributed by atoms with E-state index < -0.39 is 21.0 Å². The standard InChI is InChI=1S/C18H24N2O3S/c1-13-5-3-4-6-17(13)20-18(21)14(2)24(22,23)12-16-9-7-15(11-19)8-10-16/h7-10,13-14,17H,3-6,12H2,1-2H3,(H,20,21). The van der Waals surface area contributed by atoms with Gasteiger partial charge in [0.05, 0.1) is 17.4 Å². The van der Waals surface area contributed by atoms with Crippen molar-refractivity contribution in [1.29, 1.82) is 5.26 Å². The highest BCUT2D eigenvalue weighted by molar-refractivity contribution is 7.92. The van der Waals surface area contributed by atoms with Crippen LogP contribution in [0.15, 0.2) is 24.3 Å². The molecule has 2 rings (SSSR count). The van der Waals surface area contributed by atoms with Crippen LogP contribution < -0.4 is 5.32 Å². The van der Waals surface area contributed by atoms with E-state index >= 15 is 0 Å². The van der Waals surface area contributed by atoms with E-state index in [4.69, 9.17) is 5.26 Å². The predicted molar refractivity (Wildman–Crippen MR) is 92.8 cm³/mol. The lowest BCUT2D eigenvalue weighted by Gasteiger charge is -2.30. The summed E-state index contributed by atoms with van der Waals surface area (Å²) in [4.78, 5) is 12.4. The van der Waals surface area contributed by atoms with Gasteiger partial charge in [-0.2, -0.15) is 5.26 Å². The molecule has 0 spiro atoms. The molecule has 24 heavy (non-hydrogen) atoms. The summed E-state index contributed by atoms with van der Waals surface area (Å²) < 4.78 is 25.0. The molecule has 1 saturated carbocycles. The topological polar surface area (TPSA) is 87.0 Å². The van der Waals surface area contributed by atoms with E-state index in [1.54, 1.807) is 24.3 Å². The molecule has 0 aromatic heterocycles. The third kappa shape index (κ3) is 4.57. The molecule has 1 amide bonds. The van der Waals surface area contributed by atoms with E-state index in [-0.39, 0.29) is 11.8 Å². The van der Waals surface area contributed by atoms with Crippen LogP contribution in [0.5, 0.6) is 0 Å². The van der Waals surface area contributed by atoms with Crippen molar-refractivity contribution in [2.45, 2.75) is 56.6 Å². The summed E-state index contributed by atoms with van der Waals surface area (Å²) >= 11 is 0. The second-order valence-electron chi connectivity index (χ2n) is 6.63. The third-order valence-corrected chi connectivity index (χ3v) is 6.83. The van der Waals surface area contributed by atoms with Crippen LogP contribution in [0, 0.1) is 17.2 Å². The van der Waals surface area contributed by atoms with E-state index in [9.17, 15) is 13.2 Å². The van der Waals surface area contributed by atoms with Crippen LogP contribution in [0.2, 0.25) is 0 Å². The van der Waals surface area contributed by atoms with Gasteiger partial charge in [0.25, 0.3) is 0 Å². The lowest BCUT2D eigenvalue weighted by Crippen LogP contribution is -2.47. The van der Waals surface area contributed by atoms with Crippen molar-refractivity contribution in [3.8, 4) is 6.07 Å². The Morgan fingerprint density at radius 1 is 1.29 bits per heavy atom. The summed E-state index contributed by atoms with van der Waals surface area (Å²) in [6, 6.07) is 8.46. The van der Waals surface area contributed by atoms with Crippen LogP contribution in [-0.2, 0) is 20.4 Å². The van der Waals surface area contributed by atoms with Gasteiger partial charge < -0.3 is 5.32 Å². The molecule has 0 heterocycles. The zero-order chi connectivity index (χ0) is 17.7. The molecule has 1 N–H and O–H groups in total. The van der Waals surface area contributed by atoms with Gasteiger partial charge in [-0.3, -0.25) is 4.79 Å². The second-order valence-corrected chi connectivity index (χ2v) is 8.96. The normalized spacial score (nSPS) is 22.4. The highest BCUT2D eigenvalue weighted by atomic mass is 32.2. The molecule has 1 aromatic rings. The maximum atomic E-state index is 12.5. The molecular weight excluding hydrogens is 324 g/mol. The SMILES string of the molecule is CC1CCCCC1NC(=O)C(C)S(=O)(=O)Cc1ccc(C#N)cc1. The Bertz CT molecular complexity index is 720. The summed E-state index contributed by atoms with van der Waals surface area (Å²) in [5.74, 6) is -0.230. The van der Waals surface area contributed by atoms with Gasteiger partial charge in [0.1, 0.15) is 5.25 Å². The number of rotatable bonds is 5. The predicted octanol–water partition coefficient (Wildman–Crippen LogP) is 2.56. The molecule has 3 atom stereocenters. The molecular formula is C18H24N2O3S. The number of amides is 1. The van der Waals surface area contributed by atoms with Crippen molar-refractivity contribution in [3.05, 3.63) is 35.4 Å². The van der Waals surface area contributed by atoms with Gasteiger partial charge in [0.15, 0.2) is 9.84 Å². The fraction of sp³-hybridized carbons (Fsp3) is 0.556.